The minimum atomic E-state index is -0.673. The Morgan fingerprint density at radius 2 is 2.42 bits per heavy atom. The average Bonchev–Trinajstić information content (AvgIpc) is 2.26. The number of benzene rings is 1. The predicted octanol–water partition coefficient (Wildman–Crippen LogP) is 2.79. The van der Waals surface area contributed by atoms with Gasteiger partial charge in [-0.1, -0.05) is 36.9 Å². The van der Waals surface area contributed by atoms with E-state index in [2.05, 4.69) is 5.26 Å². The van der Waals surface area contributed by atoms with E-state index in [1.807, 2.05) is 18.2 Å². The highest BCUT2D eigenvalue weighted by Gasteiger charge is 2.11. The first kappa shape index (κ1) is 5.51. The van der Waals surface area contributed by atoms with Gasteiger partial charge in [-0.3, -0.25) is 5.26 Å². The van der Waals surface area contributed by atoms with Crippen molar-refractivity contribution in [2.24, 2.45) is 0 Å². The fraction of sp³-hybridized carbons (Fsp3) is 0.200. The second-order valence-electron chi connectivity index (χ2n) is 2.57. The summed E-state index contributed by atoms with van der Waals surface area (Å²) in [7, 11) is 0. The van der Waals surface area contributed by atoms with Crippen LogP contribution in [0.4, 0.5) is 0 Å². The van der Waals surface area contributed by atoms with Gasteiger partial charge in [0.15, 0.2) is 0 Å². The number of hydrogen-bond acceptors (Lipinski definition) is 2. The lowest BCUT2D eigenvalue weighted by Crippen LogP contribution is -2.01. The third-order valence-electron chi connectivity index (χ3n) is 1.59. The highest BCUT2D eigenvalue weighted by atomic mass is 17.1. The minimum Gasteiger partial charge on any atom is -0.251 e. The average molecular weight is 167 g/mol. The maximum absolute atomic E-state index is 7.19. The van der Waals surface area contributed by atoms with Gasteiger partial charge in [0.25, 0.3) is 1.43 Å². The van der Waals surface area contributed by atoms with Crippen LogP contribution in [0.5, 0.6) is 0 Å². The van der Waals surface area contributed by atoms with Crippen molar-refractivity contribution in [2.45, 2.75) is 13.0 Å². The molecule has 2 nitrogen and oxygen atoms in total. The third kappa shape index (κ3) is 1.94. The molecule has 1 rings (SSSR count). The zero-order chi connectivity index (χ0) is 11.3. The minimum absolute atomic E-state index is 0.332. The molecule has 0 bridgehead atoms. The summed E-state index contributed by atoms with van der Waals surface area (Å²) in [5, 5.41) is 3.88. The van der Waals surface area contributed by atoms with Crippen LogP contribution in [0.25, 0.3) is 1.43 Å². The second-order valence-corrected chi connectivity index (χ2v) is 2.57. The molecule has 1 N–H and O–H groups in total. The van der Waals surface area contributed by atoms with Crippen molar-refractivity contribution >= 4 is 0 Å². The first-order valence-electron chi connectivity index (χ1n) is 5.05. The molecular weight excluding hydrogens is 152 g/mol. The Labute approximate surface area is 76.3 Å². The number of hydrogen-bond donors (Lipinski definition) is 1. The van der Waals surface area contributed by atoms with Crippen LogP contribution < -0.4 is 0 Å². The molecule has 0 fully saturated rings. The smallest absolute Gasteiger partial charge is 0.251 e. The Morgan fingerprint density at radius 3 is 3.00 bits per heavy atom. The maximum atomic E-state index is 7.19. The molecule has 1 unspecified atom stereocenters. The van der Waals surface area contributed by atoms with Crippen molar-refractivity contribution < 1.29 is 12.9 Å². The summed E-state index contributed by atoms with van der Waals surface area (Å²) in [5.41, 5.74) is 1.15. The van der Waals surface area contributed by atoms with Gasteiger partial charge in [0, 0.05) is 0 Å². The van der Waals surface area contributed by atoms with Crippen LogP contribution in [-0.2, 0) is 4.89 Å². The Bertz CT molecular complexity index is 334. The molecule has 64 valence electrons. The molecule has 0 heterocycles. The predicted molar refractivity (Wildman–Crippen MR) is 47.7 cm³/mol. The topological polar surface area (TPSA) is 29.5 Å². The standard InChI is InChI=1S/C10H12O2/c1-8(2)10(12-11)9-6-4-3-5-7-9/h3-7,10-11H,1H2,2H3/i1D2/hD. The summed E-state index contributed by atoms with van der Waals surface area (Å²) >= 11 is 0. The molecule has 1 aromatic rings. The number of rotatable bonds is 4. The summed E-state index contributed by atoms with van der Waals surface area (Å²) in [5.74, 6) is 0. The van der Waals surface area contributed by atoms with Crippen molar-refractivity contribution in [3.8, 4) is 0 Å². The highest BCUT2D eigenvalue weighted by Crippen LogP contribution is 2.22. The maximum Gasteiger partial charge on any atom is 0.255 e. The van der Waals surface area contributed by atoms with Crippen LogP contribution in [-0.4, -0.2) is 5.26 Å². The van der Waals surface area contributed by atoms with Crippen LogP contribution in [0.1, 0.15) is 21.3 Å². The second kappa shape index (κ2) is 4.04. The molecular formula is C10H12O2. The van der Waals surface area contributed by atoms with Crippen LogP contribution in [0.15, 0.2) is 42.4 Å². The lowest BCUT2D eigenvalue weighted by atomic mass is 10.0. The Kier molecular flexibility index (Phi) is 1.86. The van der Waals surface area contributed by atoms with E-state index in [1.165, 1.54) is 0 Å². The summed E-state index contributed by atoms with van der Waals surface area (Å²) in [4.78, 5) is 4.72. The fourth-order valence-electron chi connectivity index (χ4n) is 1.01. The van der Waals surface area contributed by atoms with Crippen molar-refractivity contribution in [1.29, 1.82) is 1.43 Å². The normalized spacial score (nSPS) is 15.6. The van der Waals surface area contributed by atoms with Gasteiger partial charge in [-0.25, -0.2) is 4.89 Å². The summed E-state index contributed by atoms with van der Waals surface area (Å²) in [6.45, 7) is 1.27. The molecule has 1 aromatic carbocycles. The van der Waals surface area contributed by atoms with Gasteiger partial charge < -0.3 is 0 Å². The lowest BCUT2D eigenvalue weighted by molar-refractivity contribution is -0.271. The van der Waals surface area contributed by atoms with E-state index < -0.39 is 6.10 Å². The molecule has 2 heteroatoms. The largest absolute Gasteiger partial charge is 0.255 e. The van der Waals surface area contributed by atoms with Crippen LogP contribution in [0, 0.1) is 0 Å². The van der Waals surface area contributed by atoms with E-state index in [4.69, 9.17) is 9.06 Å². The molecule has 0 aliphatic heterocycles. The van der Waals surface area contributed by atoms with E-state index in [1.54, 1.807) is 19.1 Å². The van der Waals surface area contributed by atoms with Crippen molar-refractivity contribution in [3.05, 3.63) is 48.0 Å². The van der Waals surface area contributed by atoms with E-state index in [0.717, 1.165) is 5.56 Å². The summed E-state index contributed by atoms with van der Waals surface area (Å²) in [6, 6.07) is 9.06. The van der Waals surface area contributed by atoms with Crippen LogP contribution in [0.3, 0.4) is 0 Å². The fourth-order valence-corrected chi connectivity index (χ4v) is 1.01. The van der Waals surface area contributed by atoms with Gasteiger partial charge >= 0.3 is 0 Å². The van der Waals surface area contributed by atoms with Gasteiger partial charge in [0.1, 0.15) is 6.10 Å². The molecule has 12 heavy (non-hydrogen) atoms. The highest BCUT2D eigenvalue weighted by molar-refractivity contribution is 5.23. The van der Waals surface area contributed by atoms with E-state index in [9.17, 15) is 0 Å². The monoisotopic (exact) mass is 167 g/mol. The third-order valence-corrected chi connectivity index (χ3v) is 1.59. The summed E-state index contributed by atoms with van der Waals surface area (Å²) < 4.78 is 20.9. The van der Waals surface area contributed by atoms with Crippen LogP contribution in [0.2, 0.25) is 0 Å². The molecule has 1 atom stereocenters. The van der Waals surface area contributed by atoms with E-state index in [0.29, 0.717) is 5.57 Å². The van der Waals surface area contributed by atoms with Gasteiger partial charge in [-0.15, -0.1) is 0 Å². The van der Waals surface area contributed by atoms with E-state index in [-0.39, 0.29) is 6.53 Å². The van der Waals surface area contributed by atoms with Gasteiger partial charge in [0.05, 0.1) is 2.74 Å². The zero-order valence-electron chi connectivity index (χ0n) is 9.78. The van der Waals surface area contributed by atoms with Crippen molar-refractivity contribution in [3.63, 3.8) is 0 Å². The molecule has 0 amide bonds. The summed E-state index contributed by atoms with van der Waals surface area (Å²) in [6.07, 6.45) is -0.673. The Morgan fingerprint density at radius 1 is 1.67 bits per heavy atom. The Hall–Kier alpha value is -1.12. The molecule has 0 spiro atoms. The molecule has 0 radical (unpaired) electrons. The van der Waals surface area contributed by atoms with Crippen LogP contribution >= 0.6 is 0 Å². The molecule has 0 aromatic heterocycles. The molecule has 0 aliphatic carbocycles. The SMILES string of the molecule is [2H]OOC(C(C)=C([2H])[2H])c1ccccc1. The Balaban J connectivity index is 2.99. The first-order valence-corrected chi connectivity index (χ1v) is 3.64. The lowest BCUT2D eigenvalue weighted by Gasteiger charge is -2.12. The molecule has 0 saturated carbocycles. The molecule has 0 aliphatic rings. The first-order chi connectivity index (χ1) is 7.16. The van der Waals surface area contributed by atoms with Gasteiger partial charge in [-0.2, -0.15) is 0 Å². The van der Waals surface area contributed by atoms with Crippen molar-refractivity contribution in [1.82, 2.24) is 0 Å². The van der Waals surface area contributed by atoms with Gasteiger partial charge in [0.2, 0.25) is 0 Å². The van der Waals surface area contributed by atoms with E-state index >= 15 is 0 Å². The zero-order valence-corrected chi connectivity index (χ0v) is 6.78. The van der Waals surface area contributed by atoms with Gasteiger partial charge in [-0.05, 0) is 18.1 Å². The van der Waals surface area contributed by atoms with Crippen molar-refractivity contribution in [2.75, 3.05) is 0 Å². The molecule has 0 saturated heterocycles. The quantitative estimate of drug-likeness (QED) is 0.424.